The number of methoxy groups -OCH3 is 1. The highest BCUT2D eigenvalue weighted by Gasteiger charge is 2.24. The van der Waals surface area contributed by atoms with Crippen molar-refractivity contribution < 1.29 is 41.4 Å². The number of ether oxygens (including phenoxy) is 1. The fraction of sp³-hybridized carbons (Fsp3) is 0.118. The molecule has 0 bridgehead atoms. The van der Waals surface area contributed by atoms with E-state index < -0.39 is 46.6 Å². The zero-order valence-corrected chi connectivity index (χ0v) is 15.4. The van der Waals surface area contributed by atoms with Gasteiger partial charge in [-0.05, 0) is 28.6 Å². The smallest absolute Gasteiger partial charge is 0.298 e. The summed E-state index contributed by atoms with van der Waals surface area (Å²) >= 11 is 0.651. The van der Waals surface area contributed by atoms with Gasteiger partial charge in [-0.2, -0.15) is 0 Å². The first-order valence-corrected chi connectivity index (χ1v) is 8.79. The van der Waals surface area contributed by atoms with Crippen LogP contribution in [-0.4, -0.2) is 24.0 Å². The zero-order valence-electron chi connectivity index (χ0n) is 14.5. The third-order valence-electron chi connectivity index (χ3n) is 3.61. The molecule has 0 radical (unpaired) electrons. The molecule has 0 aliphatic carbocycles. The fourth-order valence-electron chi connectivity index (χ4n) is 2.24. The van der Waals surface area contributed by atoms with Gasteiger partial charge in [-0.15, -0.1) is 0 Å². The van der Waals surface area contributed by atoms with Crippen molar-refractivity contribution in [1.82, 2.24) is 5.27 Å². The first-order valence-electron chi connectivity index (χ1n) is 7.81. The summed E-state index contributed by atoms with van der Waals surface area (Å²) in [5.41, 5.74) is -0.840. The van der Waals surface area contributed by atoms with Crippen molar-refractivity contribution in [2.75, 3.05) is 18.2 Å². The van der Waals surface area contributed by atoms with Crippen LogP contribution in [-0.2, 0) is 4.79 Å². The first kappa shape index (κ1) is 20.5. The van der Waals surface area contributed by atoms with E-state index in [-0.39, 0.29) is 11.1 Å². The van der Waals surface area contributed by atoms with Gasteiger partial charge in [-0.1, -0.05) is 0 Å². The standard InChI is InChI=1S/C17H11F4N3O4S/c1-27-9-4-2-8(3-5-9)24-16(17(26)28-23-24)29-7-12(25)22-15-13(20)10(18)6-11(19)14(15)21/h2-6H,7H2,1H3,(H-,22,23,25,26). The Bertz CT molecular complexity index is 1030. The maximum Gasteiger partial charge on any atom is 0.298 e. The average Bonchev–Trinajstić information content (AvgIpc) is 3.08. The van der Waals surface area contributed by atoms with Gasteiger partial charge < -0.3 is 19.7 Å². The van der Waals surface area contributed by atoms with Crippen LogP contribution in [0.3, 0.4) is 0 Å². The highest BCUT2D eigenvalue weighted by molar-refractivity contribution is 7.99. The minimum Gasteiger partial charge on any atom is -0.538 e. The summed E-state index contributed by atoms with van der Waals surface area (Å²) in [6, 6.07) is 6.38. The van der Waals surface area contributed by atoms with Crippen molar-refractivity contribution >= 4 is 23.4 Å². The largest absolute Gasteiger partial charge is 0.538 e. The molecule has 3 aromatic rings. The molecule has 1 N–H and O–H groups in total. The molecule has 0 aliphatic rings. The molecule has 0 saturated heterocycles. The number of aromatic nitrogens is 2. The first-order chi connectivity index (χ1) is 13.8. The Hall–Kier alpha value is -3.28. The highest BCUT2D eigenvalue weighted by atomic mass is 32.2. The molecule has 0 saturated carbocycles. The van der Waals surface area contributed by atoms with Gasteiger partial charge in [0.1, 0.15) is 11.4 Å². The number of halogens is 4. The Morgan fingerprint density at radius 2 is 1.83 bits per heavy atom. The van der Waals surface area contributed by atoms with Gasteiger partial charge in [0.05, 0.1) is 18.1 Å². The lowest BCUT2D eigenvalue weighted by atomic mass is 10.2. The molecule has 152 valence electrons. The van der Waals surface area contributed by atoms with Gasteiger partial charge >= 0.3 is 0 Å². The van der Waals surface area contributed by atoms with E-state index in [1.807, 2.05) is 0 Å². The molecule has 29 heavy (non-hydrogen) atoms. The molecular formula is C17H11F4N3O4S. The number of nitrogens with zero attached hydrogens (tertiary/aromatic N) is 2. The van der Waals surface area contributed by atoms with Crippen LogP contribution in [0, 0.1) is 23.3 Å². The van der Waals surface area contributed by atoms with Crippen LogP contribution in [0.4, 0.5) is 23.2 Å². The quantitative estimate of drug-likeness (QED) is 0.280. The van der Waals surface area contributed by atoms with Gasteiger partial charge in [0.15, 0.2) is 29.2 Å². The third-order valence-corrected chi connectivity index (χ3v) is 4.63. The summed E-state index contributed by atoms with van der Waals surface area (Å²) in [5, 5.41) is 17.1. The van der Waals surface area contributed by atoms with Crippen molar-refractivity contribution in [3.63, 3.8) is 0 Å². The van der Waals surface area contributed by atoms with Crippen LogP contribution in [0.5, 0.6) is 11.7 Å². The lowest BCUT2D eigenvalue weighted by Gasteiger charge is -2.08. The number of rotatable bonds is 6. The minimum absolute atomic E-state index is 0.0215. The van der Waals surface area contributed by atoms with Crippen LogP contribution < -0.4 is 19.8 Å². The van der Waals surface area contributed by atoms with Gasteiger partial charge in [-0.25, -0.2) is 17.6 Å². The summed E-state index contributed by atoms with van der Waals surface area (Å²) in [7, 11) is 1.48. The Kier molecular flexibility index (Phi) is 5.92. The summed E-state index contributed by atoms with van der Waals surface area (Å²) in [6.45, 7) is 0. The minimum atomic E-state index is -1.75. The summed E-state index contributed by atoms with van der Waals surface area (Å²) in [5.74, 6) is -8.65. The number of benzene rings is 2. The van der Waals surface area contributed by atoms with Gasteiger partial charge in [0.25, 0.3) is 5.03 Å². The second-order valence-electron chi connectivity index (χ2n) is 5.46. The maximum atomic E-state index is 13.6. The van der Waals surface area contributed by atoms with Crippen LogP contribution in [0.15, 0.2) is 39.9 Å². The normalized spacial score (nSPS) is 10.8. The van der Waals surface area contributed by atoms with E-state index in [2.05, 4.69) is 9.79 Å². The molecule has 3 rings (SSSR count). The molecule has 0 spiro atoms. The molecule has 1 amide bonds. The zero-order chi connectivity index (χ0) is 21.1. The van der Waals surface area contributed by atoms with Crippen molar-refractivity contribution in [2.24, 2.45) is 0 Å². The number of anilines is 1. The summed E-state index contributed by atoms with van der Waals surface area (Å²) < 4.78 is 64.4. The van der Waals surface area contributed by atoms with Crippen molar-refractivity contribution in [2.45, 2.75) is 5.03 Å². The average molecular weight is 429 g/mol. The topological polar surface area (TPSA) is 91.3 Å². The summed E-state index contributed by atoms with van der Waals surface area (Å²) in [4.78, 5) is 12.0. The number of amides is 1. The van der Waals surface area contributed by atoms with Crippen molar-refractivity contribution in [1.29, 1.82) is 0 Å². The van der Waals surface area contributed by atoms with E-state index >= 15 is 0 Å². The summed E-state index contributed by atoms with van der Waals surface area (Å²) in [6.07, 6.45) is 0. The third kappa shape index (κ3) is 4.26. The Labute approximate surface area is 164 Å². The number of nitrogens with one attached hydrogen (secondary N) is 1. The predicted octanol–water partition coefficient (Wildman–Crippen LogP) is 2.32. The molecular weight excluding hydrogens is 418 g/mol. The predicted molar refractivity (Wildman–Crippen MR) is 89.7 cm³/mol. The van der Waals surface area contributed by atoms with Crippen LogP contribution in [0.25, 0.3) is 5.69 Å². The van der Waals surface area contributed by atoms with E-state index in [1.165, 1.54) is 7.11 Å². The molecule has 0 fully saturated rings. The Balaban J connectivity index is 1.76. The molecule has 2 aromatic carbocycles. The molecule has 12 heteroatoms. The molecule has 0 unspecified atom stereocenters. The van der Waals surface area contributed by atoms with E-state index in [0.717, 1.165) is 4.68 Å². The van der Waals surface area contributed by atoms with Gasteiger partial charge in [-0.3, -0.25) is 4.79 Å². The molecule has 1 heterocycles. The lowest BCUT2D eigenvalue weighted by molar-refractivity contribution is -0.705. The molecule has 7 nitrogen and oxygen atoms in total. The highest BCUT2D eigenvalue weighted by Crippen LogP contribution is 2.26. The van der Waals surface area contributed by atoms with E-state index in [4.69, 9.17) is 4.74 Å². The number of carbonyl (C=O) groups is 1. The SMILES string of the molecule is COc1ccc(-[n+]2noc([O-])c2SCC(=O)Nc2c(F)c(F)cc(F)c2F)cc1. The van der Waals surface area contributed by atoms with Crippen molar-refractivity contribution in [3.8, 4) is 17.4 Å². The monoisotopic (exact) mass is 429 g/mol. The molecule has 0 aliphatic heterocycles. The lowest BCUT2D eigenvalue weighted by Crippen LogP contribution is -2.35. The number of carbonyl (C=O) groups excluding carboxylic acids is 1. The molecule has 1 aromatic heterocycles. The maximum absolute atomic E-state index is 13.6. The second kappa shape index (κ2) is 8.39. The fourth-order valence-corrected chi connectivity index (χ4v) is 3.00. The van der Waals surface area contributed by atoms with Gasteiger partial charge in [0, 0.05) is 18.2 Å². The number of hydrogen-bond acceptors (Lipinski definition) is 6. The second-order valence-corrected chi connectivity index (χ2v) is 6.42. The van der Waals surface area contributed by atoms with E-state index in [1.54, 1.807) is 29.6 Å². The molecule has 0 atom stereocenters. The van der Waals surface area contributed by atoms with Gasteiger partial charge in [0.2, 0.25) is 11.6 Å². The van der Waals surface area contributed by atoms with Crippen LogP contribution >= 0.6 is 11.8 Å². The van der Waals surface area contributed by atoms with Crippen LogP contribution in [0.1, 0.15) is 0 Å². The van der Waals surface area contributed by atoms with E-state index in [9.17, 15) is 27.5 Å². The Morgan fingerprint density at radius 1 is 1.21 bits per heavy atom. The van der Waals surface area contributed by atoms with Crippen LogP contribution in [0.2, 0.25) is 0 Å². The van der Waals surface area contributed by atoms with E-state index in [0.29, 0.717) is 23.2 Å². The number of thioether (sulfide) groups is 1. The Morgan fingerprint density at radius 3 is 2.41 bits per heavy atom. The number of hydrogen-bond donors (Lipinski definition) is 1. The van der Waals surface area contributed by atoms with Crippen molar-refractivity contribution in [3.05, 3.63) is 53.6 Å².